The van der Waals surface area contributed by atoms with Crippen molar-refractivity contribution < 1.29 is 19.1 Å². The van der Waals surface area contributed by atoms with E-state index in [9.17, 15) is 9.59 Å². The number of carbonyl (C=O) groups is 2. The normalized spacial score (nSPS) is 11.8. The van der Waals surface area contributed by atoms with E-state index in [4.69, 9.17) is 9.47 Å². The number of nitrogens with zero attached hydrogens (tertiary/aromatic N) is 1. The zero-order valence-corrected chi connectivity index (χ0v) is 14.1. The maximum Gasteiger partial charge on any atom is 0.292 e. The number of ketones is 1. The predicted octanol–water partition coefficient (Wildman–Crippen LogP) is 2.48. The summed E-state index contributed by atoms with van der Waals surface area (Å²) in [5.41, 5.74) is 0.586. The van der Waals surface area contributed by atoms with Gasteiger partial charge in [0.25, 0.3) is 12.2 Å². The molecule has 5 nitrogen and oxygen atoms in total. The minimum atomic E-state index is -0.984. The van der Waals surface area contributed by atoms with E-state index in [0.29, 0.717) is 24.4 Å². The first kappa shape index (κ1) is 17.7. The number of alkyl halides is 1. The average Bonchev–Trinajstić information content (AvgIpc) is 2.53. The number of carbonyl (C=O) groups excluding carboxylic acids is 2. The molecule has 0 spiro atoms. The highest BCUT2D eigenvalue weighted by molar-refractivity contribution is 9.09. The van der Waals surface area contributed by atoms with Crippen molar-refractivity contribution in [2.45, 2.75) is 20.1 Å². The van der Waals surface area contributed by atoms with E-state index in [0.717, 1.165) is 0 Å². The Morgan fingerprint density at radius 2 is 1.76 bits per heavy atom. The fraction of sp³-hybridized carbons (Fsp3) is 0.467. The lowest BCUT2D eigenvalue weighted by atomic mass is 10.1. The van der Waals surface area contributed by atoms with Gasteiger partial charge in [0.1, 0.15) is 5.75 Å². The van der Waals surface area contributed by atoms with Crippen molar-refractivity contribution in [3.05, 3.63) is 29.8 Å². The molecular formula is C15H20BrNO4. The van der Waals surface area contributed by atoms with E-state index in [1.54, 1.807) is 29.2 Å². The van der Waals surface area contributed by atoms with Crippen LogP contribution in [0.3, 0.4) is 0 Å². The maximum absolute atomic E-state index is 12.2. The van der Waals surface area contributed by atoms with Crippen LogP contribution in [0.4, 0.5) is 0 Å². The van der Waals surface area contributed by atoms with Crippen LogP contribution in [0.1, 0.15) is 24.2 Å². The molecule has 1 unspecified atom stereocenters. The molecule has 21 heavy (non-hydrogen) atoms. The minimum Gasteiger partial charge on any atom is -0.455 e. The van der Waals surface area contributed by atoms with Crippen LogP contribution in [0.25, 0.3) is 0 Å². The summed E-state index contributed by atoms with van der Waals surface area (Å²) in [5.74, 6) is 0.251. The Morgan fingerprint density at radius 1 is 1.19 bits per heavy atom. The van der Waals surface area contributed by atoms with Gasteiger partial charge in [0.15, 0.2) is 5.78 Å². The number of methoxy groups -OCH3 is 1. The van der Waals surface area contributed by atoms with Gasteiger partial charge >= 0.3 is 0 Å². The average molecular weight is 358 g/mol. The van der Waals surface area contributed by atoms with Gasteiger partial charge in [-0.15, -0.1) is 0 Å². The summed E-state index contributed by atoms with van der Waals surface area (Å²) < 4.78 is 10.7. The van der Waals surface area contributed by atoms with E-state index in [1.165, 1.54) is 7.11 Å². The van der Waals surface area contributed by atoms with Crippen LogP contribution in [-0.4, -0.2) is 48.4 Å². The van der Waals surface area contributed by atoms with Crippen molar-refractivity contribution in [3.8, 4) is 5.75 Å². The number of likely N-dealkylation sites (N-methyl/N-ethyl adjacent to an activating group) is 1. The van der Waals surface area contributed by atoms with E-state index >= 15 is 0 Å². The van der Waals surface area contributed by atoms with Crippen molar-refractivity contribution in [1.82, 2.24) is 4.90 Å². The zero-order valence-electron chi connectivity index (χ0n) is 12.5. The Labute approximate surface area is 133 Å². The molecule has 0 aliphatic rings. The Balaban J connectivity index is 2.77. The first-order valence-electron chi connectivity index (χ1n) is 6.74. The summed E-state index contributed by atoms with van der Waals surface area (Å²) in [6.45, 7) is 4.98. The maximum atomic E-state index is 12.2. The molecule has 0 N–H and O–H groups in total. The molecule has 0 saturated carbocycles. The summed E-state index contributed by atoms with van der Waals surface area (Å²) in [6.07, 6.45) is -0.984. The van der Waals surface area contributed by atoms with Crippen LogP contribution >= 0.6 is 15.9 Å². The topological polar surface area (TPSA) is 55.8 Å². The molecule has 0 aromatic heterocycles. The van der Waals surface area contributed by atoms with Crippen molar-refractivity contribution in [1.29, 1.82) is 0 Å². The number of benzene rings is 1. The van der Waals surface area contributed by atoms with Gasteiger partial charge in [0.2, 0.25) is 0 Å². The smallest absolute Gasteiger partial charge is 0.292 e. The highest BCUT2D eigenvalue weighted by Gasteiger charge is 2.24. The Hall–Kier alpha value is -1.40. The molecule has 6 heteroatoms. The number of halogens is 1. The van der Waals surface area contributed by atoms with E-state index in [1.807, 2.05) is 13.8 Å². The number of Topliss-reactive ketones (excluding diaryl/α,β-unsaturated/α-hetero) is 1. The molecule has 1 amide bonds. The molecule has 0 aliphatic heterocycles. The zero-order chi connectivity index (χ0) is 15.8. The molecule has 116 valence electrons. The van der Waals surface area contributed by atoms with Crippen molar-refractivity contribution in [3.63, 3.8) is 0 Å². The third-order valence-corrected chi connectivity index (χ3v) is 3.54. The van der Waals surface area contributed by atoms with Gasteiger partial charge in [-0.1, -0.05) is 15.9 Å². The van der Waals surface area contributed by atoms with Crippen LogP contribution in [-0.2, 0) is 9.53 Å². The molecule has 1 rings (SSSR count). The van der Waals surface area contributed by atoms with E-state index in [2.05, 4.69) is 15.9 Å². The fourth-order valence-electron chi connectivity index (χ4n) is 1.80. The summed E-state index contributed by atoms with van der Waals surface area (Å²) in [4.78, 5) is 25.3. The molecule has 0 radical (unpaired) electrons. The largest absolute Gasteiger partial charge is 0.455 e. The van der Waals surface area contributed by atoms with Gasteiger partial charge in [-0.05, 0) is 38.1 Å². The van der Waals surface area contributed by atoms with Gasteiger partial charge in [-0.3, -0.25) is 9.59 Å². The minimum absolute atomic E-state index is 0.0101. The van der Waals surface area contributed by atoms with Crippen molar-refractivity contribution in [2.24, 2.45) is 0 Å². The summed E-state index contributed by atoms with van der Waals surface area (Å²) in [5, 5.41) is 0.272. The highest BCUT2D eigenvalue weighted by atomic mass is 79.9. The number of ether oxygens (including phenoxy) is 2. The van der Waals surface area contributed by atoms with Gasteiger partial charge < -0.3 is 14.4 Å². The summed E-state index contributed by atoms with van der Waals surface area (Å²) in [6, 6.07) is 6.62. The number of hydrogen-bond donors (Lipinski definition) is 0. The summed E-state index contributed by atoms with van der Waals surface area (Å²) in [7, 11) is 1.43. The van der Waals surface area contributed by atoms with Gasteiger partial charge in [-0.2, -0.15) is 0 Å². The Bertz CT molecular complexity index is 471. The molecule has 0 fully saturated rings. The molecule has 1 atom stereocenters. The standard InChI is InChI=1S/C15H20BrNO4/c1-4-17(5-2)14(19)15(20-3)21-12-8-6-11(7-9-12)13(18)10-16/h6-9,15H,4-5,10H2,1-3H3. The van der Waals surface area contributed by atoms with Crippen LogP contribution < -0.4 is 4.74 Å². The molecular weight excluding hydrogens is 338 g/mol. The second-order valence-corrected chi connectivity index (χ2v) is 4.84. The summed E-state index contributed by atoms with van der Waals surface area (Å²) >= 11 is 3.12. The highest BCUT2D eigenvalue weighted by Crippen LogP contribution is 2.16. The van der Waals surface area contributed by atoms with Crippen LogP contribution in [0.15, 0.2) is 24.3 Å². The lowest BCUT2D eigenvalue weighted by molar-refractivity contribution is -0.159. The second-order valence-electron chi connectivity index (χ2n) is 4.28. The van der Waals surface area contributed by atoms with Crippen LogP contribution in [0, 0.1) is 0 Å². The van der Waals surface area contributed by atoms with Crippen molar-refractivity contribution >= 4 is 27.6 Å². The fourth-order valence-corrected chi connectivity index (χ4v) is 2.13. The van der Waals surface area contributed by atoms with Crippen LogP contribution in [0.2, 0.25) is 0 Å². The molecule has 1 aromatic carbocycles. The van der Waals surface area contributed by atoms with Gasteiger partial charge in [0, 0.05) is 25.8 Å². The predicted molar refractivity (Wildman–Crippen MR) is 83.9 cm³/mol. The van der Waals surface area contributed by atoms with Crippen LogP contribution in [0.5, 0.6) is 5.75 Å². The lowest BCUT2D eigenvalue weighted by Crippen LogP contribution is -2.42. The van der Waals surface area contributed by atoms with Gasteiger partial charge in [-0.25, -0.2) is 0 Å². The second kappa shape index (κ2) is 8.79. The first-order chi connectivity index (χ1) is 10.1. The van der Waals surface area contributed by atoms with Crippen molar-refractivity contribution in [2.75, 3.05) is 25.5 Å². The quantitative estimate of drug-likeness (QED) is 0.407. The molecule has 0 bridgehead atoms. The lowest BCUT2D eigenvalue weighted by Gasteiger charge is -2.24. The molecule has 0 aliphatic carbocycles. The molecule has 0 saturated heterocycles. The monoisotopic (exact) mass is 357 g/mol. The Kier molecular flexibility index (Phi) is 7.39. The number of hydrogen-bond acceptors (Lipinski definition) is 4. The van der Waals surface area contributed by atoms with E-state index < -0.39 is 6.29 Å². The third-order valence-electron chi connectivity index (χ3n) is 3.03. The van der Waals surface area contributed by atoms with E-state index in [-0.39, 0.29) is 17.0 Å². The Morgan fingerprint density at radius 3 is 2.19 bits per heavy atom. The number of rotatable bonds is 8. The molecule has 0 heterocycles. The molecule has 1 aromatic rings. The SMILES string of the molecule is CCN(CC)C(=O)C(OC)Oc1ccc(C(=O)CBr)cc1. The first-order valence-corrected chi connectivity index (χ1v) is 7.86. The number of amides is 1. The third kappa shape index (κ3) is 4.82. The van der Waals surface area contributed by atoms with Gasteiger partial charge in [0.05, 0.1) is 5.33 Å².